The molecule has 0 saturated carbocycles. The van der Waals surface area contributed by atoms with E-state index in [0.29, 0.717) is 0 Å². The number of rotatable bonds is 5. The summed E-state index contributed by atoms with van der Waals surface area (Å²) in [4.78, 5) is 10.0. The molecule has 1 heteroatoms. The highest BCUT2D eigenvalue weighted by molar-refractivity contribution is 5.75. The first-order valence-electron chi connectivity index (χ1n) is 10.2. The number of carbonyl (C=O) groups is 1. The van der Waals surface area contributed by atoms with Crippen LogP contribution in [0.1, 0.15) is 86.3 Å². The second-order valence-electron chi connectivity index (χ2n) is 6.69. The summed E-state index contributed by atoms with van der Waals surface area (Å²) in [5, 5.41) is 0. The van der Waals surface area contributed by atoms with Crippen molar-refractivity contribution in [2.45, 2.75) is 82.1 Å². The van der Waals surface area contributed by atoms with Crippen molar-refractivity contribution < 1.29 is 4.79 Å². The van der Waals surface area contributed by atoms with E-state index in [4.69, 9.17) is 0 Å². The predicted octanol–water partition coefficient (Wildman–Crippen LogP) is 8.90. The van der Waals surface area contributed by atoms with Crippen LogP contribution < -0.4 is 0 Å². The van der Waals surface area contributed by atoms with Gasteiger partial charge in [-0.05, 0) is 71.6 Å². The Morgan fingerprint density at radius 1 is 1.00 bits per heavy atom. The lowest BCUT2D eigenvalue weighted by atomic mass is 10.0. The van der Waals surface area contributed by atoms with E-state index < -0.39 is 0 Å². The lowest BCUT2D eigenvalue weighted by Crippen LogP contribution is -1.84. The van der Waals surface area contributed by atoms with E-state index in [2.05, 4.69) is 58.2 Å². The third-order valence-corrected chi connectivity index (χ3v) is 3.78. The fourth-order valence-electron chi connectivity index (χ4n) is 1.95. The van der Waals surface area contributed by atoms with Crippen molar-refractivity contribution in [3.8, 4) is 0 Å². The Morgan fingerprint density at radius 3 is 1.75 bits per heavy atom. The molecule has 0 atom stereocenters. The van der Waals surface area contributed by atoms with Crippen molar-refractivity contribution in [2.24, 2.45) is 0 Å². The molecule has 0 radical (unpaired) electrons. The van der Waals surface area contributed by atoms with E-state index in [0.717, 1.165) is 24.0 Å². The molecular weight excluding hydrogens is 340 g/mol. The molecular formula is C27H44O. The van der Waals surface area contributed by atoms with Gasteiger partial charge in [0, 0.05) is 6.42 Å². The van der Waals surface area contributed by atoms with Gasteiger partial charge in [-0.25, -0.2) is 0 Å². The van der Waals surface area contributed by atoms with Crippen molar-refractivity contribution in [3.05, 3.63) is 77.4 Å². The zero-order chi connectivity index (χ0) is 22.7. The van der Waals surface area contributed by atoms with Gasteiger partial charge in [-0.2, -0.15) is 0 Å². The minimum absolute atomic E-state index is 0.289. The van der Waals surface area contributed by atoms with E-state index >= 15 is 0 Å². The third-order valence-electron chi connectivity index (χ3n) is 3.78. The van der Waals surface area contributed by atoms with Crippen molar-refractivity contribution in [3.63, 3.8) is 0 Å². The fourth-order valence-corrected chi connectivity index (χ4v) is 1.95. The molecule has 0 bridgehead atoms. The Kier molecular flexibility index (Phi) is 21.4. The summed E-state index contributed by atoms with van der Waals surface area (Å²) in [6.07, 6.45) is 5.95. The highest BCUT2D eigenvalue weighted by atomic mass is 16.1. The second-order valence-corrected chi connectivity index (χ2v) is 6.69. The minimum Gasteiger partial charge on any atom is -0.300 e. The van der Waals surface area contributed by atoms with Crippen LogP contribution in [0.25, 0.3) is 5.57 Å². The molecule has 28 heavy (non-hydrogen) atoms. The van der Waals surface area contributed by atoms with Gasteiger partial charge in [-0.3, -0.25) is 0 Å². The van der Waals surface area contributed by atoms with E-state index in [1.165, 1.54) is 22.3 Å². The summed E-state index contributed by atoms with van der Waals surface area (Å²) in [5.74, 6) is 0.289. The summed E-state index contributed by atoms with van der Waals surface area (Å²) < 4.78 is 0. The fraction of sp³-hybridized carbons (Fsp3) is 0.444. The normalized spacial score (nSPS) is 10.2. The predicted molar refractivity (Wildman–Crippen MR) is 131 cm³/mol. The van der Waals surface area contributed by atoms with Crippen LogP contribution >= 0.6 is 0 Å². The average molecular weight is 385 g/mol. The van der Waals surface area contributed by atoms with Crippen molar-refractivity contribution >= 4 is 11.4 Å². The molecule has 0 aliphatic heterocycles. The molecule has 0 aromatic heterocycles. The van der Waals surface area contributed by atoms with Gasteiger partial charge in [-0.1, -0.05) is 87.1 Å². The first-order valence-corrected chi connectivity index (χ1v) is 10.2. The molecule has 1 nitrogen and oxygen atoms in total. The van der Waals surface area contributed by atoms with Gasteiger partial charge in [0.1, 0.15) is 5.78 Å². The second kappa shape index (κ2) is 19.6. The molecule has 0 amide bonds. The Bertz CT molecular complexity index is 642. The molecule has 0 aliphatic rings. The standard InChI is InChI=1S/C10H12.C10H16.C5H10O.C2H6/c1-8(2)10-7-5-4-6-9(10)3;1-6-9(4)7-10(5)8(2)3;1-3-4-5(2)6;1-2/h4-7H,1H2,2-3H3;6-7H,2H2,1,3-5H3;3-4H2,1-2H3;1-2H3/b;9-6-,10-7-;;. The molecule has 0 saturated heterocycles. The topological polar surface area (TPSA) is 17.1 Å². The summed E-state index contributed by atoms with van der Waals surface area (Å²) >= 11 is 0. The number of benzene rings is 1. The summed E-state index contributed by atoms with van der Waals surface area (Å²) in [7, 11) is 0. The maximum absolute atomic E-state index is 10.0. The number of hydrogen-bond acceptors (Lipinski definition) is 1. The first-order chi connectivity index (χ1) is 13.1. The Morgan fingerprint density at radius 2 is 1.50 bits per heavy atom. The van der Waals surface area contributed by atoms with E-state index in [-0.39, 0.29) is 5.78 Å². The molecule has 1 aromatic rings. The largest absolute Gasteiger partial charge is 0.300 e. The average Bonchev–Trinajstić information content (AvgIpc) is 2.64. The first kappa shape index (κ1) is 30.6. The molecule has 158 valence electrons. The zero-order valence-corrected chi connectivity index (χ0v) is 20.2. The van der Waals surface area contributed by atoms with Crippen molar-refractivity contribution in [1.29, 1.82) is 0 Å². The number of hydrogen-bond donors (Lipinski definition) is 0. The molecule has 0 N–H and O–H groups in total. The maximum atomic E-state index is 10.0. The van der Waals surface area contributed by atoms with Crippen LogP contribution in [-0.2, 0) is 4.79 Å². The lowest BCUT2D eigenvalue weighted by Gasteiger charge is -2.02. The summed E-state index contributed by atoms with van der Waals surface area (Å²) in [5.41, 5.74) is 7.40. The van der Waals surface area contributed by atoms with Crippen molar-refractivity contribution in [1.82, 2.24) is 0 Å². The van der Waals surface area contributed by atoms with Crippen LogP contribution in [0.4, 0.5) is 0 Å². The zero-order valence-electron chi connectivity index (χ0n) is 20.2. The molecule has 0 fully saturated rings. The van der Waals surface area contributed by atoms with Gasteiger partial charge in [0.2, 0.25) is 0 Å². The molecule has 0 aliphatic carbocycles. The highest BCUT2D eigenvalue weighted by Gasteiger charge is 1.94. The van der Waals surface area contributed by atoms with Crippen LogP contribution in [0.5, 0.6) is 0 Å². The molecule has 1 rings (SSSR count). The van der Waals surface area contributed by atoms with Crippen LogP contribution in [0.2, 0.25) is 0 Å². The Balaban J connectivity index is -0.000000330. The number of ketones is 1. The van der Waals surface area contributed by atoms with Gasteiger partial charge in [0.25, 0.3) is 0 Å². The molecule has 0 spiro atoms. The van der Waals surface area contributed by atoms with Crippen LogP contribution in [0.3, 0.4) is 0 Å². The van der Waals surface area contributed by atoms with E-state index in [1.807, 2.05) is 53.7 Å². The van der Waals surface area contributed by atoms with Gasteiger partial charge >= 0.3 is 0 Å². The maximum Gasteiger partial charge on any atom is 0.129 e. The smallest absolute Gasteiger partial charge is 0.129 e. The van der Waals surface area contributed by atoms with Gasteiger partial charge < -0.3 is 4.79 Å². The Hall–Kier alpha value is -2.15. The van der Waals surface area contributed by atoms with E-state index in [1.54, 1.807) is 6.92 Å². The number of allylic oxidation sites excluding steroid dienone is 6. The van der Waals surface area contributed by atoms with Crippen LogP contribution in [-0.4, -0.2) is 5.78 Å². The number of aryl methyl sites for hydroxylation is 1. The van der Waals surface area contributed by atoms with Crippen LogP contribution in [0, 0.1) is 6.92 Å². The molecule has 1 aromatic carbocycles. The molecule has 0 unspecified atom stereocenters. The summed E-state index contributed by atoms with van der Waals surface area (Å²) in [6.45, 7) is 27.7. The SMILES string of the molecule is C=C(C)/C(C)=C\C(C)=C/C.C=C(C)c1ccccc1C.CC.CCCC(C)=O. The monoisotopic (exact) mass is 384 g/mol. The number of carbonyl (C=O) groups excluding carboxylic acids is 1. The lowest BCUT2D eigenvalue weighted by molar-refractivity contribution is -0.117. The number of Topliss-reactive ketones (excluding diaryl/α,β-unsaturated/α-hetero) is 1. The van der Waals surface area contributed by atoms with Gasteiger partial charge in [-0.15, -0.1) is 0 Å². The van der Waals surface area contributed by atoms with Gasteiger partial charge in [0.05, 0.1) is 0 Å². The Labute approximate surface area is 176 Å². The van der Waals surface area contributed by atoms with Crippen molar-refractivity contribution in [2.75, 3.05) is 0 Å². The molecule has 0 heterocycles. The quantitative estimate of drug-likeness (QED) is 0.463. The highest BCUT2D eigenvalue weighted by Crippen LogP contribution is 2.15. The van der Waals surface area contributed by atoms with E-state index in [9.17, 15) is 4.79 Å². The third kappa shape index (κ3) is 18.6. The minimum atomic E-state index is 0.289. The van der Waals surface area contributed by atoms with Gasteiger partial charge in [0.15, 0.2) is 0 Å². The summed E-state index contributed by atoms with van der Waals surface area (Å²) in [6, 6.07) is 8.28. The van der Waals surface area contributed by atoms with Crippen LogP contribution in [0.15, 0.2) is 66.3 Å².